The van der Waals surface area contributed by atoms with Gasteiger partial charge in [-0.05, 0) is 18.2 Å². The Balaban J connectivity index is 2.21. The molecule has 0 saturated carbocycles. The first-order valence-electron chi connectivity index (χ1n) is 6.16. The van der Waals surface area contributed by atoms with Crippen molar-refractivity contribution in [3.05, 3.63) is 69.8 Å². The molecule has 108 valence electrons. The van der Waals surface area contributed by atoms with Crippen LogP contribution in [0.4, 0.5) is 5.69 Å². The number of methoxy groups -OCH3 is 1. The van der Waals surface area contributed by atoms with E-state index in [2.05, 4.69) is 4.74 Å². The highest BCUT2D eigenvalue weighted by Gasteiger charge is 2.15. The molecule has 6 nitrogen and oxygen atoms in total. The molecule has 0 aromatic heterocycles. The Hall–Kier alpha value is -2.89. The Morgan fingerprint density at radius 1 is 1.14 bits per heavy atom. The fourth-order valence-electron chi connectivity index (χ4n) is 1.84. The Kier molecular flexibility index (Phi) is 4.50. The summed E-state index contributed by atoms with van der Waals surface area (Å²) in [6, 6.07) is 12.9. The number of carbonyl (C=O) groups is 1. The van der Waals surface area contributed by atoms with Crippen LogP contribution in [0.3, 0.4) is 0 Å². The summed E-state index contributed by atoms with van der Waals surface area (Å²) >= 11 is 0. The number of benzene rings is 2. The van der Waals surface area contributed by atoms with Crippen molar-refractivity contribution in [1.82, 2.24) is 0 Å². The van der Waals surface area contributed by atoms with Crippen molar-refractivity contribution in [2.45, 2.75) is 6.61 Å². The number of nitrogens with zero attached hydrogens (tertiary/aromatic N) is 1. The smallest absolute Gasteiger partial charge is 0.341 e. The van der Waals surface area contributed by atoms with E-state index in [0.29, 0.717) is 11.3 Å². The van der Waals surface area contributed by atoms with Crippen molar-refractivity contribution in [2.24, 2.45) is 0 Å². The Labute approximate surface area is 121 Å². The first kappa shape index (κ1) is 14.5. The molecule has 21 heavy (non-hydrogen) atoms. The molecule has 0 spiro atoms. The standard InChI is InChI=1S/C15H13NO5/c1-20-15(17)12-7-3-5-9-14(12)21-10-11-6-2-4-8-13(11)16(18)19/h2-9H,10H2,1H3. The lowest BCUT2D eigenvalue weighted by molar-refractivity contribution is -0.385. The van der Waals surface area contributed by atoms with E-state index >= 15 is 0 Å². The van der Waals surface area contributed by atoms with Crippen molar-refractivity contribution < 1.29 is 19.2 Å². The minimum Gasteiger partial charge on any atom is -0.488 e. The van der Waals surface area contributed by atoms with Gasteiger partial charge in [-0.1, -0.05) is 24.3 Å². The summed E-state index contributed by atoms with van der Waals surface area (Å²) in [5.41, 5.74) is 0.689. The number of para-hydroxylation sites is 2. The van der Waals surface area contributed by atoms with Crippen molar-refractivity contribution in [2.75, 3.05) is 7.11 Å². The fourth-order valence-corrected chi connectivity index (χ4v) is 1.84. The van der Waals surface area contributed by atoms with Crippen LogP contribution in [0.2, 0.25) is 0 Å². The predicted octanol–water partition coefficient (Wildman–Crippen LogP) is 2.96. The van der Waals surface area contributed by atoms with Gasteiger partial charge < -0.3 is 9.47 Å². The van der Waals surface area contributed by atoms with Gasteiger partial charge >= 0.3 is 5.97 Å². The van der Waals surface area contributed by atoms with Crippen molar-refractivity contribution in [3.63, 3.8) is 0 Å². The van der Waals surface area contributed by atoms with Gasteiger partial charge in [0, 0.05) is 6.07 Å². The van der Waals surface area contributed by atoms with Gasteiger partial charge in [-0.3, -0.25) is 10.1 Å². The van der Waals surface area contributed by atoms with E-state index in [1.807, 2.05) is 0 Å². The monoisotopic (exact) mass is 287 g/mol. The molecule has 2 aromatic rings. The maximum atomic E-state index is 11.6. The third-order valence-corrected chi connectivity index (χ3v) is 2.86. The second-order valence-corrected chi connectivity index (χ2v) is 4.16. The van der Waals surface area contributed by atoms with Crippen molar-refractivity contribution in [1.29, 1.82) is 0 Å². The van der Waals surface area contributed by atoms with E-state index in [-0.39, 0.29) is 17.9 Å². The molecule has 0 aliphatic rings. The predicted molar refractivity (Wildman–Crippen MR) is 75.2 cm³/mol. The highest BCUT2D eigenvalue weighted by Crippen LogP contribution is 2.23. The van der Waals surface area contributed by atoms with Crippen LogP contribution < -0.4 is 4.74 Å². The van der Waals surface area contributed by atoms with Crippen LogP contribution >= 0.6 is 0 Å². The van der Waals surface area contributed by atoms with E-state index < -0.39 is 10.9 Å². The number of hydrogen-bond acceptors (Lipinski definition) is 5. The summed E-state index contributed by atoms with van der Waals surface area (Å²) in [5, 5.41) is 10.9. The third-order valence-electron chi connectivity index (χ3n) is 2.86. The summed E-state index contributed by atoms with van der Waals surface area (Å²) in [7, 11) is 1.28. The number of esters is 1. The molecule has 0 aliphatic carbocycles. The molecule has 0 N–H and O–H groups in total. The average molecular weight is 287 g/mol. The van der Waals surface area contributed by atoms with E-state index in [1.54, 1.807) is 42.5 Å². The van der Waals surface area contributed by atoms with Crippen LogP contribution in [0.25, 0.3) is 0 Å². The van der Waals surface area contributed by atoms with Gasteiger partial charge in [0.1, 0.15) is 17.9 Å². The highest BCUT2D eigenvalue weighted by molar-refractivity contribution is 5.92. The van der Waals surface area contributed by atoms with Crippen LogP contribution in [-0.4, -0.2) is 18.0 Å². The maximum Gasteiger partial charge on any atom is 0.341 e. The van der Waals surface area contributed by atoms with Gasteiger partial charge in [0.15, 0.2) is 0 Å². The van der Waals surface area contributed by atoms with Crippen LogP contribution in [0.1, 0.15) is 15.9 Å². The molecule has 2 aromatic carbocycles. The number of carbonyl (C=O) groups excluding carboxylic acids is 1. The molecule has 0 unspecified atom stereocenters. The van der Waals surface area contributed by atoms with Crippen LogP contribution in [0.5, 0.6) is 5.75 Å². The van der Waals surface area contributed by atoms with Gasteiger partial charge in [0.05, 0.1) is 17.6 Å². The summed E-state index contributed by atoms with van der Waals surface area (Å²) in [5.74, 6) is -0.198. The third kappa shape index (κ3) is 3.36. The molecule has 0 atom stereocenters. The summed E-state index contributed by atoms with van der Waals surface area (Å²) in [6.45, 7) is -0.00877. The minimum absolute atomic E-state index is 0.00877. The van der Waals surface area contributed by atoms with Gasteiger partial charge in [-0.15, -0.1) is 0 Å². The van der Waals surface area contributed by atoms with E-state index in [4.69, 9.17) is 4.74 Å². The molecule has 0 fully saturated rings. The van der Waals surface area contributed by atoms with Gasteiger partial charge in [0.2, 0.25) is 0 Å². The largest absolute Gasteiger partial charge is 0.488 e. The quantitative estimate of drug-likeness (QED) is 0.480. The summed E-state index contributed by atoms with van der Waals surface area (Å²) < 4.78 is 10.2. The Morgan fingerprint density at radius 3 is 2.52 bits per heavy atom. The SMILES string of the molecule is COC(=O)c1ccccc1OCc1ccccc1[N+](=O)[O-]. The summed E-state index contributed by atoms with van der Waals surface area (Å²) in [6.07, 6.45) is 0. The van der Waals surface area contributed by atoms with E-state index in [1.165, 1.54) is 13.2 Å². The number of rotatable bonds is 5. The van der Waals surface area contributed by atoms with E-state index in [9.17, 15) is 14.9 Å². The molecule has 0 radical (unpaired) electrons. The first-order chi connectivity index (χ1) is 10.1. The van der Waals surface area contributed by atoms with Gasteiger partial charge in [0.25, 0.3) is 5.69 Å². The highest BCUT2D eigenvalue weighted by atomic mass is 16.6. The normalized spacial score (nSPS) is 9.95. The van der Waals surface area contributed by atoms with Crippen LogP contribution in [0.15, 0.2) is 48.5 Å². The Bertz CT molecular complexity index is 669. The van der Waals surface area contributed by atoms with Gasteiger partial charge in [-0.25, -0.2) is 4.79 Å². The topological polar surface area (TPSA) is 78.7 Å². The molecule has 0 heterocycles. The molecule has 0 bridgehead atoms. The van der Waals surface area contributed by atoms with E-state index in [0.717, 1.165) is 0 Å². The molecule has 2 rings (SSSR count). The molecule has 0 saturated heterocycles. The maximum absolute atomic E-state index is 11.6. The molecule has 0 amide bonds. The second-order valence-electron chi connectivity index (χ2n) is 4.16. The number of nitro benzene ring substituents is 1. The lowest BCUT2D eigenvalue weighted by Crippen LogP contribution is -2.06. The van der Waals surface area contributed by atoms with Gasteiger partial charge in [-0.2, -0.15) is 0 Å². The lowest BCUT2D eigenvalue weighted by Gasteiger charge is -2.10. The summed E-state index contributed by atoms with van der Waals surface area (Å²) in [4.78, 5) is 22.1. The van der Waals surface area contributed by atoms with Crippen LogP contribution in [0, 0.1) is 10.1 Å². The van der Waals surface area contributed by atoms with Crippen LogP contribution in [-0.2, 0) is 11.3 Å². The second kappa shape index (κ2) is 6.51. The van der Waals surface area contributed by atoms with Crippen molar-refractivity contribution in [3.8, 4) is 5.75 Å². The molecular weight excluding hydrogens is 274 g/mol. The zero-order valence-corrected chi connectivity index (χ0v) is 11.3. The number of nitro groups is 1. The average Bonchev–Trinajstić information content (AvgIpc) is 2.52. The first-order valence-corrected chi connectivity index (χ1v) is 6.16. The van der Waals surface area contributed by atoms with Crippen molar-refractivity contribution >= 4 is 11.7 Å². The molecule has 0 aliphatic heterocycles. The zero-order chi connectivity index (χ0) is 15.2. The number of hydrogen-bond donors (Lipinski definition) is 0. The number of ether oxygens (including phenoxy) is 2. The fraction of sp³-hybridized carbons (Fsp3) is 0.133. The lowest BCUT2D eigenvalue weighted by atomic mass is 10.2. The zero-order valence-electron chi connectivity index (χ0n) is 11.3. The minimum atomic E-state index is -0.520. The Morgan fingerprint density at radius 2 is 1.81 bits per heavy atom. The molecular formula is C15H13NO5. The molecule has 6 heteroatoms.